The summed E-state index contributed by atoms with van der Waals surface area (Å²) in [5.74, 6) is 5.11. The van der Waals surface area contributed by atoms with Crippen LogP contribution in [0.5, 0.6) is 0 Å². The van der Waals surface area contributed by atoms with Crippen molar-refractivity contribution in [2.45, 2.75) is 26.7 Å². The molecule has 0 saturated carbocycles. The van der Waals surface area contributed by atoms with E-state index in [4.69, 9.17) is 5.11 Å². The molecule has 0 aliphatic rings. The van der Waals surface area contributed by atoms with Crippen LogP contribution < -0.4 is 4.90 Å². The summed E-state index contributed by atoms with van der Waals surface area (Å²) >= 11 is 0. The van der Waals surface area contributed by atoms with Crippen molar-refractivity contribution in [1.82, 2.24) is 0 Å². The zero-order valence-electron chi connectivity index (χ0n) is 10.9. The summed E-state index contributed by atoms with van der Waals surface area (Å²) in [6.07, 6.45) is 0.901. The fourth-order valence-electron chi connectivity index (χ4n) is 1.82. The van der Waals surface area contributed by atoms with Crippen LogP contribution in [-0.4, -0.2) is 24.2 Å². The van der Waals surface area contributed by atoms with Gasteiger partial charge in [-0.3, -0.25) is 4.79 Å². The molecule has 3 heteroatoms. The summed E-state index contributed by atoms with van der Waals surface area (Å²) in [7, 11) is 0. The van der Waals surface area contributed by atoms with E-state index in [2.05, 4.69) is 16.7 Å². The minimum absolute atomic E-state index is 0.147. The van der Waals surface area contributed by atoms with E-state index in [9.17, 15) is 4.79 Å². The maximum Gasteiger partial charge on any atom is 0.305 e. The molecule has 0 radical (unpaired) electrons. The molecule has 18 heavy (non-hydrogen) atoms. The first-order valence-corrected chi connectivity index (χ1v) is 6.07. The quantitative estimate of drug-likeness (QED) is 0.783. The Morgan fingerprint density at radius 1 is 1.33 bits per heavy atom. The number of carboxylic acids is 1. The Hall–Kier alpha value is -1.95. The molecule has 1 N–H and O–H groups in total. The lowest BCUT2D eigenvalue weighted by atomic mass is 10.1. The molecule has 0 aliphatic carbocycles. The van der Waals surface area contributed by atoms with Crippen molar-refractivity contribution in [3.63, 3.8) is 0 Å². The molecule has 0 fully saturated rings. The maximum atomic E-state index is 10.7. The highest BCUT2D eigenvalue weighted by atomic mass is 16.4. The van der Waals surface area contributed by atoms with Gasteiger partial charge in [-0.1, -0.05) is 18.2 Å². The maximum absolute atomic E-state index is 10.7. The number of para-hydroxylation sites is 1. The molecule has 1 rings (SSSR count). The van der Waals surface area contributed by atoms with Crippen LogP contribution >= 0.6 is 0 Å². The molecule has 0 spiro atoms. The summed E-state index contributed by atoms with van der Waals surface area (Å²) in [5.41, 5.74) is 2.25. The van der Waals surface area contributed by atoms with E-state index in [0.717, 1.165) is 24.2 Å². The minimum Gasteiger partial charge on any atom is -0.481 e. The second-order valence-corrected chi connectivity index (χ2v) is 4.09. The predicted molar refractivity (Wildman–Crippen MR) is 73.7 cm³/mol. The number of carboxylic acid groups (broad SMARTS) is 1. The van der Waals surface area contributed by atoms with Crippen molar-refractivity contribution in [3.8, 4) is 11.8 Å². The van der Waals surface area contributed by atoms with Crippen molar-refractivity contribution in [1.29, 1.82) is 0 Å². The first-order chi connectivity index (χ1) is 8.65. The summed E-state index contributed by atoms with van der Waals surface area (Å²) in [5, 5.41) is 8.80. The topological polar surface area (TPSA) is 40.5 Å². The number of rotatable bonds is 6. The fourth-order valence-corrected chi connectivity index (χ4v) is 1.82. The Balaban J connectivity index is 2.77. The number of carbonyl (C=O) groups is 1. The highest BCUT2D eigenvalue weighted by molar-refractivity contribution is 5.68. The van der Waals surface area contributed by atoms with Gasteiger partial charge in [0.1, 0.15) is 0 Å². The smallest absolute Gasteiger partial charge is 0.305 e. The van der Waals surface area contributed by atoms with E-state index < -0.39 is 5.97 Å². The molecular formula is C15H19NO2. The number of benzene rings is 1. The van der Waals surface area contributed by atoms with E-state index in [1.807, 2.05) is 38.1 Å². The first-order valence-electron chi connectivity index (χ1n) is 6.07. The highest BCUT2D eigenvalue weighted by Crippen LogP contribution is 2.19. The number of nitrogens with zero attached hydrogens (tertiary/aromatic N) is 1. The van der Waals surface area contributed by atoms with Gasteiger partial charge in [-0.25, -0.2) is 0 Å². The Morgan fingerprint density at radius 2 is 2.06 bits per heavy atom. The van der Waals surface area contributed by atoms with Crippen LogP contribution in [0.1, 0.15) is 25.3 Å². The molecule has 0 heterocycles. The second-order valence-electron chi connectivity index (χ2n) is 4.09. The van der Waals surface area contributed by atoms with Crippen LogP contribution in [0.3, 0.4) is 0 Å². The Morgan fingerprint density at radius 3 is 2.67 bits per heavy atom. The summed E-state index contributed by atoms with van der Waals surface area (Å²) < 4.78 is 0. The largest absolute Gasteiger partial charge is 0.481 e. The molecular weight excluding hydrogens is 226 g/mol. The van der Waals surface area contributed by atoms with Crippen molar-refractivity contribution in [3.05, 3.63) is 29.8 Å². The third-order valence-corrected chi connectivity index (χ3v) is 2.74. The molecule has 0 aromatic heterocycles. The van der Waals surface area contributed by atoms with Gasteiger partial charge in [-0.15, -0.1) is 11.8 Å². The number of aryl methyl sites for hydroxylation is 1. The number of hydrogen-bond acceptors (Lipinski definition) is 2. The lowest BCUT2D eigenvalue weighted by molar-refractivity contribution is -0.136. The molecule has 0 bridgehead atoms. The second kappa shape index (κ2) is 7.39. The molecule has 0 saturated heterocycles. The van der Waals surface area contributed by atoms with E-state index in [1.165, 1.54) is 0 Å². The zero-order valence-corrected chi connectivity index (χ0v) is 10.9. The average Bonchev–Trinajstić information content (AvgIpc) is 2.34. The molecule has 1 aromatic rings. The van der Waals surface area contributed by atoms with Crippen LogP contribution in [0.4, 0.5) is 5.69 Å². The Kier molecular flexibility index (Phi) is 5.79. The van der Waals surface area contributed by atoms with E-state index in [1.54, 1.807) is 0 Å². The van der Waals surface area contributed by atoms with E-state index in [-0.39, 0.29) is 6.42 Å². The third kappa shape index (κ3) is 4.50. The molecule has 0 aliphatic heterocycles. The lowest BCUT2D eigenvalue weighted by Gasteiger charge is -2.25. The SMILES string of the molecule is CC#CCCN(CCC(=O)O)c1ccccc1C. The van der Waals surface area contributed by atoms with Crippen LogP contribution in [0.15, 0.2) is 24.3 Å². The number of hydrogen-bond donors (Lipinski definition) is 1. The van der Waals surface area contributed by atoms with Crippen molar-refractivity contribution in [2.24, 2.45) is 0 Å². The zero-order chi connectivity index (χ0) is 13.4. The van der Waals surface area contributed by atoms with E-state index in [0.29, 0.717) is 6.54 Å². The predicted octanol–water partition coefficient (Wildman–Crippen LogP) is 2.69. The minimum atomic E-state index is -0.768. The Labute approximate surface area is 108 Å². The summed E-state index contributed by atoms with van der Waals surface area (Å²) in [4.78, 5) is 12.8. The van der Waals surface area contributed by atoms with Crippen LogP contribution in [0, 0.1) is 18.8 Å². The summed E-state index contributed by atoms with van der Waals surface area (Å²) in [6, 6.07) is 8.02. The highest BCUT2D eigenvalue weighted by Gasteiger charge is 2.09. The van der Waals surface area contributed by atoms with Gasteiger partial charge in [0.05, 0.1) is 6.42 Å². The molecule has 0 atom stereocenters. The van der Waals surface area contributed by atoms with Crippen molar-refractivity contribution in [2.75, 3.05) is 18.0 Å². The van der Waals surface area contributed by atoms with Crippen molar-refractivity contribution >= 4 is 11.7 Å². The standard InChI is InChI=1S/C15H19NO2/c1-3-4-7-11-16(12-10-15(17)18)14-9-6-5-8-13(14)2/h5-6,8-9H,7,10-12H2,1-2H3,(H,17,18). The lowest BCUT2D eigenvalue weighted by Crippen LogP contribution is -2.27. The monoisotopic (exact) mass is 245 g/mol. The molecule has 0 amide bonds. The van der Waals surface area contributed by atoms with Gasteiger partial charge in [0.2, 0.25) is 0 Å². The molecule has 3 nitrogen and oxygen atoms in total. The van der Waals surface area contributed by atoms with Gasteiger partial charge in [0.25, 0.3) is 0 Å². The number of anilines is 1. The van der Waals surface area contributed by atoms with Gasteiger partial charge in [0.15, 0.2) is 0 Å². The van der Waals surface area contributed by atoms with Crippen LogP contribution in [0.2, 0.25) is 0 Å². The normalized spacial score (nSPS) is 9.44. The Bertz CT molecular complexity index is 457. The third-order valence-electron chi connectivity index (χ3n) is 2.74. The molecule has 96 valence electrons. The van der Waals surface area contributed by atoms with Crippen molar-refractivity contribution < 1.29 is 9.90 Å². The number of aliphatic carboxylic acids is 1. The summed E-state index contributed by atoms with van der Waals surface area (Å²) in [6.45, 7) is 5.13. The van der Waals surface area contributed by atoms with Crippen LogP contribution in [0.25, 0.3) is 0 Å². The van der Waals surface area contributed by atoms with Gasteiger partial charge in [-0.2, -0.15) is 0 Å². The fraction of sp³-hybridized carbons (Fsp3) is 0.400. The van der Waals surface area contributed by atoms with Gasteiger partial charge >= 0.3 is 5.97 Å². The first kappa shape index (κ1) is 14.1. The van der Waals surface area contributed by atoms with Gasteiger partial charge in [-0.05, 0) is 25.5 Å². The molecule has 1 aromatic carbocycles. The van der Waals surface area contributed by atoms with Crippen LogP contribution in [-0.2, 0) is 4.79 Å². The van der Waals surface area contributed by atoms with E-state index >= 15 is 0 Å². The van der Waals surface area contributed by atoms with Gasteiger partial charge in [0, 0.05) is 25.2 Å². The van der Waals surface area contributed by atoms with Gasteiger partial charge < -0.3 is 10.0 Å². The molecule has 0 unspecified atom stereocenters. The average molecular weight is 245 g/mol.